The molecule has 3 aromatic rings. The fourth-order valence-corrected chi connectivity index (χ4v) is 5.34. The highest BCUT2D eigenvalue weighted by Gasteiger charge is 2.41. The van der Waals surface area contributed by atoms with Crippen molar-refractivity contribution >= 4 is 28.9 Å². The molecule has 1 aliphatic rings. The maximum atomic E-state index is 6.47. The summed E-state index contributed by atoms with van der Waals surface area (Å²) in [6.07, 6.45) is 2.89. The largest absolute Gasteiger partial charge is 0.352 e. The van der Waals surface area contributed by atoms with Gasteiger partial charge in [0.1, 0.15) is 0 Å². The van der Waals surface area contributed by atoms with E-state index in [9.17, 15) is 0 Å². The highest BCUT2D eigenvalue weighted by molar-refractivity contribution is 7.80. The van der Waals surface area contributed by atoms with Crippen molar-refractivity contribution in [3.05, 3.63) is 81.9 Å². The zero-order valence-electron chi connectivity index (χ0n) is 20.0. The van der Waals surface area contributed by atoms with Crippen LogP contribution in [0.5, 0.6) is 0 Å². The number of benzene rings is 1. The normalized spacial score (nSPS) is 18.3. The van der Waals surface area contributed by atoms with Crippen molar-refractivity contribution in [1.29, 1.82) is 0 Å². The lowest BCUT2D eigenvalue weighted by atomic mass is 9.96. The Labute approximate surface area is 207 Å². The minimum atomic E-state index is -0.00698. The second-order valence-corrected chi connectivity index (χ2v) is 9.82. The number of aromatic nitrogens is 2. The molecule has 0 amide bonds. The summed E-state index contributed by atoms with van der Waals surface area (Å²) in [6.45, 7) is 8.33. The van der Waals surface area contributed by atoms with E-state index < -0.39 is 0 Å². The molecule has 0 bridgehead atoms. The van der Waals surface area contributed by atoms with Crippen LogP contribution in [0.15, 0.2) is 48.7 Å². The zero-order chi connectivity index (χ0) is 23.7. The van der Waals surface area contributed by atoms with Crippen LogP contribution in [0.2, 0.25) is 5.02 Å². The molecule has 7 heteroatoms. The summed E-state index contributed by atoms with van der Waals surface area (Å²) in [7, 11) is 4.21. The van der Waals surface area contributed by atoms with Gasteiger partial charge in [0.05, 0.1) is 17.8 Å². The average molecular weight is 482 g/mol. The van der Waals surface area contributed by atoms with Gasteiger partial charge in [-0.3, -0.25) is 4.98 Å². The van der Waals surface area contributed by atoms with Crippen LogP contribution in [-0.2, 0) is 0 Å². The first kappa shape index (κ1) is 23.7. The second-order valence-electron chi connectivity index (χ2n) is 9.02. The molecule has 1 fully saturated rings. The van der Waals surface area contributed by atoms with Crippen molar-refractivity contribution in [1.82, 2.24) is 24.7 Å². The molecule has 0 aliphatic carbocycles. The van der Waals surface area contributed by atoms with E-state index in [2.05, 4.69) is 77.7 Å². The van der Waals surface area contributed by atoms with E-state index in [0.717, 1.165) is 46.6 Å². The van der Waals surface area contributed by atoms with Gasteiger partial charge < -0.3 is 19.7 Å². The van der Waals surface area contributed by atoms with Crippen LogP contribution in [0.1, 0.15) is 46.7 Å². The minimum Gasteiger partial charge on any atom is -0.352 e. The lowest BCUT2D eigenvalue weighted by molar-refractivity contribution is 0.292. The molecule has 2 atom stereocenters. The van der Waals surface area contributed by atoms with Crippen molar-refractivity contribution < 1.29 is 0 Å². The van der Waals surface area contributed by atoms with Crippen LogP contribution < -0.4 is 5.32 Å². The molecule has 1 aromatic carbocycles. The third kappa shape index (κ3) is 4.65. The van der Waals surface area contributed by atoms with E-state index in [1.165, 1.54) is 17.0 Å². The van der Waals surface area contributed by atoms with Gasteiger partial charge in [0.2, 0.25) is 0 Å². The van der Waals surface area contributed by atoms with Crippen LogP contribution in [0, 0.1) is 20.8 Å². The Balaban J connectivity index is 1.80. The van der Waals surface area contributed by atoms with Crippen LogP contribution in [0.3, 0.4) is 0 Å². The molecule has 2 aromatic heterocycles. The zero-order valence-corrected chi connectivity index (χ0v) is 21.5. The maximum Gasteiger partial charge on any atom is 0.170 e. The predicted molar refractivity (Wildman–Crippen MR) is 140 cm³/mol. The van der Waals surface area contributed by atoms with E-state index in [4.69, 9.17) is 23.8 Å². The van der Waals surface area contributed by atoms with E-state index in [1.807, 2.05) is 30.5 Å². The van der Waals surface area contributed by atoms with Gasteiger partial charge in [-0.15, -0.1) is 0 Å². The predicted octanol–water partition coefficient (Wildman–Crippen LogP) is 5.38. The maximum absolute atomic E-state index is 6.47. The molecule has 174 valence electrons. The topological polar surface area (TPSA) is 36.3 Å². The SMILES string of the molecule is Cc1c(Cl)cccc1-n1c(C)cc([C@@H]2[C@@H](c3ccccn3)NC(=S)N2CCCN(C)C)c1C. The monoisotopic (exact) mass is 481 g/mol. The number of aryl methyl sites for hydroxylation is 1. The standard InChI is InChI=1S/C26H32ClN5S/c1-17-16-20(19(3)32(17)23-12-8-10-21(27)18(23)2)25-24(22-11-6-7-13-28-22)29-26(33)31(25)15-9-14-30(4)5/h6-8,10-13,16,24-25H,9,14-15H2,1-5H3,(H,29,33)/t24-,25-/m1/s1. The quantitative estimate of drug-likeness (QED) is 0.459. The molecule has 1 saturated heterocycles. The first-order chi connectivity index (χ1) is 15.8. The molecule has 0 unspecified atom stereocenters. The van der Waals surface area contributed by atoms with E-state index in [-0.39, 0.29) is 12.1 Å². The number of nitrogens with one attached hydrogen (secondary N) is 1. The Hall–Kier alpha value is -2.41. The average Bonchev–Trinajstić information content (AvgIpc) is 3.26. The van der Waals surface area contributed by atoms with Gasteiger partial charge in [0.15, 0.2) is 5.11 Å². The number of pyridine rings is 1. The summed E-state index contributed by atoms with van der Waals surface area (Å²) in [5, 5.41) is 5.14. The van der Waals surface area contributed by atoms with Crippen LogP contribution in [0.4, 0.5) is 0 Å². The van der Waals surface area contributed by atoms with Crippen molar-refractivity contribution in [2.45, 2.75) is 39.3 Å². The number of halogens is 1. The number of thiocarbonyl (C=S) groups is 1. The van der Waals surface area contributed by atoms with E-state index in [1.54, 1.807) is 0 Å². The number of hydrogen-bond acceptors (Lipinski definition) is 3. The second kappa shape index (κ2) is 9.84. The molecule has 0 radical (unpaired) electrons. The van der Waals surface area contributed by atoms with Crippen LogP contribution in [0.25, 0.3) is 5.69 Å². The van der Waals surface area contributed by atoms with Gasteiger partial charge in [-0.05, 0) is 102 Å². The van der Waals surface area contributed by atoms with Gasteiger partial charge in [-0.2, -0.15) is 0 Å². The Morgan fingerprint density at radius 3 is 2.61 bits per heavy atom. The third-order valence-electron chi connectivity index (χ3n) is 6.47. The van der Waals surface area contributed by atoms with Gasteiger partial charge in [0, 0.05) is 34.8 Å². The summed E-state index contributed by atoms with van der Waals surface area (Å²) >= 11 is 12.3. The molecule has 1 N–H and O–H groups in total. The first-order valence-corrected chi connectivity index (χ1v) is 12.2. The highest BCUT2D eigenvalue weighted by atomic mass is 35.5. The van der Waals surface area contributed by atoms with Crippen molar-refractivity contribution in [3.63, 3.8) is 0 Å². The van der Waals surface area contributed by atoms with Crippen LogP contribution >= 0.6 is 23.8 Å². The molecule has 3 heterocycles. The van der Waals surface area contributed by atoms with Gasteiger partial charge in [0.25, 0.3) is 0 Å². The highest BCUT2D eigenvalue weighted by Crippen LogP contribution is 2.41. The van der Waals surface area contributed by atoms with E-state index >= 15 is 0 Å². The summed E-state index contributed by atoms with van der Waals surface area (Å²) in [5.74, 6) is 0. The molecule has 1 aliphatic heterocycles. The van der Waals surface area contributed by atoms with Crippen molar-refractivity contribution in [2.75, 3.05) is 27.2 Å². The first-order valence-electron chi connectivity index (χ1n) is 11.4. The molecular formula is C26H32ClN5S. The van der Waals surface area contributed by atoms with Gasteiger partial charge in [-0.1, -0.05) is 23.7 Å². The molecule has 0 saturated carbocycles. The van der Waals surface area contributed by atoms with Crippen LogP contribution in [-0.4, -0.2) is 51.6 Å². The Kier molecular flexibility index (Phi) is 7.07. The van der Waals surface area contributed by atoms with Crippen molar-refractivity contribution in [2.24, 2.45) is 0 Å². The van der Waals surface area contributed by atoms with Gasteiger partial charge in [-0.25, -0.2) is 0 Å². The van der Waals surface area contributed by atoms with E-state index in [0.29, 0.717) is 0 Å². The molecular weight excluding hydrogens is 450 g/mol. The molecule has 33 heavy (non-hydrogen) atoms. The number of rotatable bonds is 7. The summed E-state index contributed by atoms with van der Waals surface area (Å²) < 4.78 is 2.31. The number of hydrogen-bond donors (Lipinski definition) is 1. The van der Waals surface area contributed by atoms with Gasteiger partial charge >= 0.3 is 0 Å². The Morgan fingerprint density at radius 1 is 1.12 bits per heavy atom. The molecule has 0 spiro atoms. The summed E-state index contributed by atoms with van der Waals surface area (Å²) in [5.41, 5.74) is 6.84. The Morgan fingerprint density at radius 2 is 1.91 bits per heavy atom. The minimum absolute atomic E-state index is 0.00698. The third-order valence-corrected chi connectivity index (χ3v) is 7.23. The Bertz CT molecular complexity index is 1140. The fourth-order valence-electron chi connectivity index (χ4n) is 4.84. The van der Waals surface area contributed by atoms with Crippen molar-refractivity contribution in [3.8, 4) is 5.69 Å². The summed E-state index contributed by atoms with van der Waals surface area (Å²) in [4.78, 5) is 9.23. The lowest BCUT2D eigenvalue weighted by Crippen LogP contribution is -2.32. The fraction of sp³-hybridized carbons (Fsp3) is 0.385. The smallest absolute Gasteiger partial charge is 0.170 e. The molecule has 5 nitrogen and oxygen atoms in total. The summed E-state index contributed by atoms with van der Waals surface area (Å²) in [6, 6.07) is 14.5. The number of nitrogens with zero attached hydrogens (tertiary/aromatic N) is 4. The lowest BCUT2D eigenvalue weighted by Gasteiger charge is -2.28. The molecule has 4 rings (SSSR count).